The van der Waals surface area contributed by atoms with Gasteiger partial charge in [0.15, 0.2) is 0 Å². The minimum Gasteiger partial charge on any atom is -0.465 e. The maximum atomic E-state index is 11.3. The number of carbonyl (C=O) groups excluding carboxylic acids is 1. The molecule has 84 valence electrons. The minimum absolute atomic E-state index is 0.181. The van der Waals surface area contributed by atoms with Gasteiger partial charge in [-0.05, 0) is 12.3 Å². The molecule has 0 amide bonds. The van der Waals surface area contributed by atoms with Gasteiger partial charge < -0.3 is 4.74 Å². The molecular formula is C11H22O2S. The van der Waals surface area contributed by atoms with Gasteiger partial charge in [0, 0.05) is 0 Å². The Morgan fingerprint density at radius 1 is 1.29 bits per heavy atom. The van der Waals surface area contributed by atoms with E-state index in [1.54, 1.807) is 0 Å². The fourth-order valence-electron chi connectivity index (χ4n) is 1.06. The van der Waals surface area contributed by atoms with Gasteiger partial charge in [0.1, 0.15) is 5.25 Å². The predicted molar refractivity (Wildman–Crippen MR) is 62.7 cm³/mol. The van der Waals surface area contributed by atoms with E-state index in [0.717, 1.165) is 12.8 Å². The fourth-order valence-corrected chi connectivity index (χ4v) is 1.13. The molecule has 0 aliphatic heterocycles. The first-order valence-corrected chi connectivity index (χ1v) is 5.96. The van der Waals surface area contributed by atoms with Gasteiger partial charge in [-0.2, -0.15) is 12.6 Å². The molecule has 0 aromatic rings. The average molecular weight is 218 g/mol. The van der Waals surface area contributed by atoms with Crippen molar-refractivity contribution in [3.63, 3.8) is 0 Å². The predicted octanol–water partition coefficient (Wildman–Crippen LogP) is 3.06. The van der Waals surface area contributed by atoms with E-state index < -0.39 is 0 Å². The van der Waals surface area contributed by atoms with Crippen LogP contribution in [0.15, 0.2) is 0 Å². The summed E-state index contributed by atoms with van der Waals surface area (Å²) in [7, 11) is 0. The number of ether oxygens (including phenoxy) is 1. The van der Waals surface area contributed by atoms with Crippen molar-refractivity contribution in [2.24, 2.45) is 5.92 Å². The van der Waals surface area contributed by atoms with Crippen molar-refractivity contribution >= 4 is 18.6 Å². The molecule has 0 spiro atoms. The molecule has 0 aromatic carbocycles. The Labute approximate surface area is 92.8 Å². The Balaban J connectivity index is 3.44. The summed E-state index contributed by atoms with van der Waals surface area (Å²) in [6.45, 7) is 6.64. The first-order chi connectivity index (χ1) is 6.59. The number of esters is 1. The zero-order valence-electron chi connectivity index (χ0n) is 9.45. The average Bonchev–Trinajstić information content (AvgIpc) is 2.16. The number of carbonyl (C=O) groups is 1. The third-order valence-electron chi connectivity index (χ3n) is 2.12. The second kappa shape index (κ2) is 8.16. The molecule has 14 heavy (non-hydrogen) atoms. The van der Waals surface area contributed by atoms with Crippen LogP contribution >= 0.6 is 12.6 Å². The van der Waals surface area contributed by atoms with Crippen molar-refractivity contribution < 1.29 is 9.53 Å². The molecule has 0 aliphatic carbocycles. The standard InChI is InChI=1S/C11H22O2S/c1-4-5-6-7-8-13-11(12)10(14)9(2)3/h9-10,14H,4-8H2,1-3H3. The van der Waals surface area contributed by atoms with E-state index in [1.807, 2.05) is 13.8 Å². The molecule has 1 atom stereocenters. The van der Waals surface area contributed by atoms with Gasteiger partial charge in [-0.25, -0.2) is 0 Å². The van der Waals surface area contributed by atoms with Crippen molar-refractivity contribution in [1.29, 1.82) is 0 Å². The molecule has 0 aromatic heterocycles. The lowest BCUT2D eigenvalue weighted by Gasteiger charge is -2.13. The van der Waals surface area contributed by atoms with Crippen molar-refractivity contribution in [2.45, 2.75) is 51.7 Å². The molecule has 0 heterocycles. The van der Waals surface area contributed by atoms with Gasteiger partial charge in [-0.15, -0.1) is 0 Å². The van der Waals surface area contributed by atoms with E-state index in [0.29, 0.717) is 6.61 Å². The summed E-state index contributed by atoms with van der Waals surface area (Å²) < 4.78 is 5.10. The third kappa shape index (κ3) is 6.30. The van der Waals surface area contributed by atoms with Crippen molar-refractivity contribution in [2.75, 3.05) is 6.61 Å². The first-order valence-electron chi connectivity index (χ1n) is 5.44. The largest absolute Gasteiger partial charge is 0.465 e. The van der Waals surface area contributed by atoms with Crippen LogP contribution in [0.25, 0.3) is 0 Å². The van der Waals surface area contributed by atoms with Crippen LogP contribution in [0.5, 0.6) is 0 Å². The van der Waals surface area contributed by atoms with E-state index in [-0.39, 0.29) is 17.1 Å². The maximum absolute atomic E-state index is 11.3. The number of thiol groups is 1. The summed E-state index contributed by atoms with van der Waals surface area (Å²) in [5.74, 6) is 0.0568. The Morgan fingerprint density at radius 2 is 1.93 bits per heavy atom. The summed E-state index contributed by atoms with van der Waals surface area (Å²) in [5.41, 5.74) is 0. The molecule has 1 unspecified atom stereocenters. The smallest absolute Gasteiger partial charge is 0.319 e. The lowest BCUT2D eigenvalue weighted by Crippen LogP contribution is -2.23. The van der Waals surface area contributed by atoms with Crippen molar-refractivity contribution in [3.05, 3.63) is 0 Å². The number of rotatable bonds is 7. The topological polar surface area (TPSA) is 26.3 Å². The first kappa shape index (κ1) is 13.8. The zero-order chi connectivity index (χ0) is 11.0. The molecule has 0 aliphatic rings. The summed E-state index contributed by atoms with van der Waals surface area (Å²) in [5, 5.41) is -0.277. The quantitative estimate of drug-likeness (QED) is 0.404. The van der Waals surface area contributed by atoms with Crippen LogP contribution in [0.2, 0.25) is 0 Å². The second-order valence-electron chi connectivity index (χ2n) is 3.92. The summed E-state index contributed by atoms with van der Waals surface area (Å²) in [6, 6.07) is 0. The van der Waals surface area contributed by atoms with Gasteiger partial charge in [0.05, 0.1) is 6.61 Å². The molecule has 0 bridgehead atoms. The van der Waals surface area contributed by atoms with Crippen LogP contribution in [0.3, 0.4) is 0 Å². The van der Waals surface area contributed by atoms with Gasteiger partial charge in [0.25, 0.3) is 0 Å². The van der Waals surface area contributed by atoms with E-state index in [4.69, 9.17) is 4.74 Å². The number of hydrogen-bond acceptors (Lipinski definition) is 3. The molecule has 0 saturated carbocycles. The molecule has 0 radical (unpaired) electrons. The normalized spacial score (nSPS) is 12.9. The van der Waals surface area contributed by atoms with Crippen LogP contribution < -0.4 is 0 Å². The van der Waals surface area contributed by atoms with Crippen LogP contribution in [-0.4, -0.2) is 17.8 Å². The summed E-state index contributed by atoms with van der Waals surface area (Å²) >= 11 is 4.19. The Kier molecular flexibility index (Phi) is 8.05. The minimum atomic E-state index is -0.277. The molecule has 3 heteroatoms. The van der Waals surface area contributed by atoms with Crippen LogP contribution in [0.4, 0.5) is 0 Å². The van der Waals surface area contributed by atoms with Crippen LogP contribution in [0, 0.1) is 5.92 Å². The van der Waals surface area contributed by atoms with Crippen LogP contribution in [0.1, 0.15) is 46.5 Å². The highest BCUT2D eigenvalue weighted by molar-refractivity contribution is 7.81. The lowest BCUT2D eigenvalue weighted by atomic mass is 10.1. The van der Waals surface area contributed by atoms with E-state index in [9.17, 15) is 4.79 Å². The van der Waals surface area contributed by atoms with Gasteiger partial charge >= 0.3 is 5.97 Å². The summed E-state index contributed by atoms with van der Waals surface area (Å²) in [4.78, 5) is 11.3. The fraction of sp³-hybridized carbons (Fsp3) is 0.909. The van der Waals surface area contributed by atoms with Gasteiger partial charge in [0.2, 0.25) is 0 Å². The number of hydrogen-bond donors (Lipinski definition) is 1. The van der Waals surface area contributed by atoms with E-state index in [1.165, 1.54) is 12.8 Å². The highest BCUT2D eigenvalue weighted by Crippen LogP contribution is 2.11. The number of unbranched alkanes of at least 4 members (excludes halogenated alkanes) is 3. The second-order valence-corrected chi connectivity index (χ2v) is 4.47. The molecule has 0 N–H and O–H groups in total. The molecule has 0 fully saturated rings. The molecular weight excluding hydrogens is 196 g/mol. The molecule has 0 rings (SSSR count). The molecule has 0 saturated heterocycles. The maximum Gasteiger partial charge on any atom is 0.319 e. The third-order valence-corrected chi connectivity index (χ3v) is 2.92. The SMILES string of the molecule is CCCCCCOC(=O)C(S)C(C)C. The Bertz CT molecular complexity index is 157. The molecule has 2 nitrogen and oxygen atoms in total. The highest BCUT2D eigenvalue weighted by atomic mass is 32.1. The Morgan fingerprint density at radius 3 is 2.43 bits per heavy atom. The lowest BCUT2D eigenvalue weighted by molar-refractivity contribution is -0.143. The summed E-state index contributed by atoms with van der Waals surface area (Å²) in [6.07, 6.45) is 4.53. The van der Waals surface area contributed by atoms with E-state index in [2.05, 4.69) is 19.6 Å². The monoisotopic (exact) mass is 218 g/mol. The van der Waals surface area contributed by atoms with E-state index >= 15 is 0 Å². The van der Waals surface area contributed by atoms with Gasteiger partial charge in [-0.3, -0.25) is 4.79 Å². The zero-order valence-corrected chi connectivity index (χ0v) is 10.3. The highest BCUT2D eigenvalue weighted by Gasteiger charge is 2.18. The van der Waals surface area contributed by atoms with Crippen LogP contribution in [-0.2, 0) is 9.53 Å². The Hall–Kier alpha value is -0.180. The van der Waals surface area contributed by atoms with Gasteiger partial charge in [-0.1, -0.05) is 40.0 Å². The van der Waals surface area contributed by atoms with Crippen molar-refractivity contribution in [1.82, 2.24) is 0 Å². The van der Waals surface area contributed by atoms with Crippen molar-refractivity contribution in [3.8, 4) is 0 Å².